The Labute approximate surface area is 105 Å². The zero-order valence-electron chi connectivity index (χ0n) is 11.1. The first-order chi connectivity index (χ1) is 8.16. The molecule has 1 saturated carbocycles. The second-order valence-electron chi connectivity index (χ2n) is 5.36. The van der Waals surface area contributed by atoms with E-state index in [1.807, 2.05) is 0 Å². The topological polar surface area (TPSA) is 38.0 Å². The third kappa shape index (κ3) is 3.15. The standard InChI is InChI=1S/C15H24N2/c1-11-9-14(16)15(10-12(11)2)17-13-7-5-3-4-6-8-13/h9-10,13,17H,3-8,16H2,1-2H3. The maximum Gasteiger partial charge on any atom is 0.0578 e. The molecule has 94 valence electrons. The summed E-state index contributed by atoms with van der Waals surface area (Å²) in [5.74, 6) is 0. The average molecular weight is 232 g/mol. The lowest BCUT2D eigenvalue weighted by Crippen LogP contribution is -2.19. The lowest BCUT2D eigenvalue weighted by Gasteiger charge is -2.20. The lowest BCUT2D eigenvalue weighted by atomic mass is 10.1. The fourth-order valence-electron chi connectivity index (χ4n) is 2.61. The lowest BCUT2D eigenvalue weighted by molar-refractivity contribution is 0.620. The van der Waals surface area contributed by atoms with Gasteiger partial charge in [-0.3, -0.25) is 0 Å². The van der Waals surface area contributed by atoms with E-state index in [1.165, 1.54) is 49.7 Å². The Bertz CT molecular complexity index is 377. The summed E-state index contributed by atoms with van der Waals surface area (Å²) in [7, 11) is 0. The summed E-state index contributed by atoms with van der Waals surface area (Å²) >= 11 is 0. The van der Waals surface area contributed by atoms with Gasteiger partial charge in [0.05, 0.1) is 11.4 Å². The van der Waals surface area contributed by atoms with Crippen LogP contribution in [0.25, 0.3) is 0 Å². The normalized spacial score (nSPS) is 17.8. The third-order valence-corrected chi connectivity index (χ3v) is 3.88. The van der Waals surface area contributed by atoms with Crippen LogP contribution in [0.1, 0.15) is 49.7 Å². The van der Waals surface area contributed by atoms with Crippen molar-refractivity contribution in [3.8, 4) is 0 Å². The van der Waals surface area contributed by atoms with E-state index in [0.29, 0.717) is 6.04 Å². The van der Waals surface area contributed by atoms with E-state index in [2.05, 4.69) is 31.3 Å². The number of rotatable bonds is 2. The molecule has 0 atom stereocenters. The van der Waals surface area contributed by atoms with Gasteiger partial charge in [-0.2, -0.15) is 0 Å². The molecule has 3 N–H and O–H groups in total. The fraction of sp³-hybridized carbons (Fsp3) is 0.600. The average Bonchev–Trinajstić information content (AvgIpc) is 2.54. The molecule has 1 aliphatic rings. The van der Waals surface area contributed by atoms with Crippen molar-refractivity contribution < 1.29 is 0 Å². The molecule has 0 aliphatic heterocycles. The molecule has 0 radical (unpaired) electrons. The molecule has 1 aliphatic carbocycles. The van der Waals surface area contributed by atoms with E-state index in [4.69, 9.17) is 5.73 Å². The maximum atomic E-state index is 6.08. The van der Waals surface area contributed by atoms with Crippen LogP contribution < -0.4 is 11.1 Å². The molecular weight excluding hydrogens is 208 g/mol. The Kier molecular flexibility index (Phi) is 3.93. The Morgan fingerprint density at radius 2 is 1.59 bits per heavy atom. The largest absolute Gasteiger partial charge is 0.397 e. The van der Waals surface area contributed by atoms with Gasteiger partial charge < -0.3 is 11.1 Å². The summed E-state index contributed by atoms with van der Waals surface area (Å²) in [5, 5.41) is 3.63. The highest BCUT2D eigenvalue weighted by molar-refractivity contribution is 5.68. The second-order valence-corrected chi connectivity index (χ2v) is 5.36. The van der Waals surface area contributed by atoms with Gasteiger partial charge in [-0.05, 0) is 49.9 Å². The number of hydrogen-bond acceptors (Lipinski definition) is 2. The minimum Gasteiger partial charge on any atom is -0.397 e. The Balaban J connectivity index is 2.09. The molecule has 0 spiro atoms. The summed E-state index contributed by atoms with van der Waals surface area (Å²) in [6.07, 6.45) is 8.05. The summed E-state index contributed by atoms with van der Waals surface area (Å²) in [5.41, 5.74) is 10.7. The fourth-order valence-corrected chi connectivity index (χ4v) is 2.61. The number of nitrogen functional groups attached to an aromatic ring is 1. The Morgan fingerprint density at radius 3 is 2.24 bits per heavy atom. The zero-order chi connectivity index (χ0) is 12.3. The number of benzene rings is 1. The zero-order valence-corrected chi connectivity index (χ0v) is 11.1. The first-order valence-electron chi connectivity index (χ1n) is 6.80. The molecule has 2 heteroatoms. The Hall–Kier alpha value is -1.18. The molecule has 0 unspecified atom stereocenters. The van der Waals surface area contributed by atoms with Gasteiger partial charge in [-0.15, -0.1) is 0 Å². The second kappa shape index (κ2) is 5.44. The summed E-state index contributed by atoms with van der Waals surface area (Å²) in [6, 6.07) is 4.88. The van der Waals surface area contributed by atoms with E-state index in [-0.39, 0.29) is 0 Å². The molecule has 0 bridgehead atoms. The minimum absolute atomic E-state index is 0.613. The molecular formula is C15H24N2. The van der Waals surface area contributed by atoms with Crippen LogP contribution in [0, 0.1) is 13.8 Å². The van der Waals surface area contributed by atoms with Crippen molar-refractivity contribution in [3.05, 3.63) is 23.3 Å². The number of nitrogens with two attached hydrogens (primary N) is 1. The smallest absolute Gasteiger partial charge is 0.0578 e. The first kappa shape index (κ1) is 12.3. The van der Waals surface area contributed by atoms with Crippen LogP contribution in [0.4, 0.5) is 11.4 Å². The molecule has 0 saturated heterocycles. The van der Waals surface area contributed by atoms with Crippen LogP contribution in [0.5, 0.6) is 0 Å². The number of hydrogen-bond donors (Lipinski definition) is 2. The highest BCUT2D eigenvalue weighted by Crippen LogP contribution is 2.27. The number of aryl methyl sites for hydroxylation is 2. The highest BCUT2D eigenvalue weighted by Gasteiger charge is 2.13. The van der Waals surface area contributed by atoms with Crippen molar-refractivity contribution in [2.45, 2.75) is 58.4 Å². The van der Waals surface area contributed by atoms with Crippen molar-refractivity contribution in [1.82, 2.24) is 0 Å². The quantitative estimate of drug-likeness (QED) is 0.597. The van der Waals surface area contributed by atoms with Crippen molar-refractivity contribution in [2.75, 3.05) is 11.1 Å². The van der Waals surface area contributed by atoms with E-state index >= 15 is 0 Å². The predicted molar refractivity (Wildman–Crippen MR) is 75.4 cm³/mol. The number of anilines is 2. The molecule has 1 fully saturated rings. The van der Waals surface area contributed by atoms with Crippen LogP contribution in [-0.4, -0.2) is 6.04 Å². The summed E-state index contributed by atoms with van der Waals surface area (Å²) in [4.78, 5) is 0. The van der Waals surface area contributed by atoms with Crippen LogP contribution in [0.2, 0.25) is 0 Å². The van der Waals surface area contributed by atoms with Crippen molar-refractivity contribution in [1.29, 1.82) is 0 Å². The predicted octanol–water partition coefficient (Wildman–Crippen LogP) is 4.02. The Morgan fingerprint density at radius 1 is 1.00 bits per heavy atom. The van der Waals surface area contributed by atoms with Gasteiger partial charge in [0.25, 0.3) is 0 Å². The molecule has 1 aromatic carbocycles. The monoisotopic (exact) mass is 232 g/mol. The molecule has 2 rings (SSSR count). The van der Waals surface area contributed by atoms with E-state index in [1.54, 1.807) is 0 Å². The van der Waals surface area contributed by atoms with Gasteiger partial charge in [0.2, 0.25) is 0 Å². The van der Waals surface area contributed by atoms with Gasteiger partial charge in [-0.1, -0.05) is 25.7 Å². The van der Waals surface area contributed by atoms with Gasteiger partial charge >= 0.3 is 0 Å². The van der Waals surface area contributed by atoms with E-state index in [9.17, 15) is 0 Å². The van der Waals surface area contributed by atoms with Gasteiger partial charge in [0, 0.05) is 6.04 Å². The van der Waals surface area contributed by atoms with E-state index in [0.717, 1.165) is 11.4 Å². The maximum absolute atomic E-state index is 6.08. The minimum atomic E-state index is 0.613. The van der Waals surface area contributed by atoms with Gasteiger partial charge in [0.1, 0.15) is 0 Å². The highest BCUT2D eigenvalue weighted by atomic mass is 14.9. The van der Waals surface area contributed by atoms with Gasteiger partial charge in [-0.25, -0.2) is 0 Å². The van der Waals surface area contributed by atoms with Crippen molar-refractivity contribution in [3.63, 3.8) is 0 Å². The van der Waals surface area contributed by atoms with E-state index < -0.39 is 0 Å². The molecule has 2 nitrogen and oxygen atoms in total. The molecule has 0 amide bonds. The molecule has 0 aromatic heterocycles. The molecule has 1 aromatic rings. The molecule has 0 heterocycles. The molecule has 17 heavy (non-hydrogen) atoms. The van der Waals surface area contributed by atoms with Crippen LogP contribution in [-0.2, 0) is 0 Å². The van der Waals surface area contributed by atoms with Crippen LogP contribution in [0.15, 0.2) is 12.1 Å². The van der Waals surface area contributed by atoms with Crippen molar-refractivity contribution in [2.24, 2.45) is 0 Å². The first-order valence-corrected chi connectivity index (χ1v) is 6.80. The van der Waals surface area contributed by atoms with Crippen LogP contribution in [0.3, 0.4) is 0 Å². The number of nitrogens with one attached hydrogen (secondary N) is 1. The summed E-state index contributed by atoms with van der Waals surface area (Å²) in [6.45, 7) is 4.26. The summed E-state index contributed by atoms with van der Waals surface area (Å²) < 4.78 is 0. The SMILES string of the molecule is Cc1cc(N)c(NC2CCCCCC2)cc1C. The van der Waals surface area contributed by atoms with Crippen molar-refractivity contribution >= 4 is 11.4 Å². The van der Waals surface area contributed by atoms with Gasteiger partial charge in [0.15, 0.2) is 0 Å². The van der Waals surface area contributed by atoms with Crippen LogP contribution >= 0.6 is 0 Å². The third-order valence-electron chi connectivity index (χ3n) is 3.88.